The lowest BCUT2D eigenvalue weighted by Gasteiger charge is -2.25. The molecule has 0 atom stereocenters. The molecule has 0 aromatic carbocycles. The van der Waals surface area contributed by atoms with E-state index in [-0.39, 0.29) is 29.9 Å². The second-order valence-electron chi connectivity index (χ2n) is 6.26. The zero-order valence-corrected chi connectivity index (χ0v) is 20.2. The Morgan fingerprint density at radius 1 is 1.25 bits per heavy atom. The van der Waals surface area contributed by atoms with Crippen LogP contribution in [-0.2, 0) is 11.3 Å². The van der Waals surface area contributed by atoms with Crippen LogP contribution in [0.5, 0.6) is 5.88 Å². The molecule has 0 fully saturated rings. The average molecular weight is 505 g/mol. The van der Waals surface area contributed by atoms with E-state index in [4.69, 9.17) is 4.74 Å². The van der Waals surface area contributed by atoms with E-state index in [9.17, 15) is 4.79 Å². The van der Waals surface area contributed by atoms with Gasteiger partial charge < -0.3 is 19.9 Å². The minimum absolute atomic E-state index is 0. The first-order valence-corrected chi connectivity index (χ1v) is 9.91. The number of carbonyl (C=O) groups excluding carboxylic acids is 1. The van der Waals surface area contributed by atoms with E-state index >= 15 is 0 Å². The predicted octanol–water partition coefficient (Wildman–Crippen LogP) is 3.14. The van der Waals surface area contributed by atoms with Crippen molar-refractivity contribution in [2.75, 3.05) is 39.8 Å². The summed E-state index contributed by atoms with van der Waals surface area (Å²) in [6, 6.07) is 3.86. The fourth-order valence-corrected chi connectivity index (χ4v) is 2.57. The number of amides is 1. The third kappa shape index (κ3) is 9.07. The van der Waals surface area contributed by atoms with Gasteiger partial charge in [0.1, 0.15) is 0 Å². The Hall–Kier alpha value is -1.58. The van der Waals surface area contributed by atoms with Gasteiger partial charge >= 0.3 is 0 Å². The number of guanidine groups is 1. The fraction of sp³-hybridized carbons (Fsp3) is 0.650. The Balaban J connectivity index is 0.00000729. The second kappa shape index (κ2) is 15.4. The normalized spacial score (nSPS) is 10.8. The number of pyridine rings is 1. The number of unbranched alkanes of at least 4 members (excludes halogenated alkanes) is 1. The third-order valence-electron chi connectivity index (χ3n) is 4.17. The smallest absolute Gasteiger partial charge is 0.242 e. The summed E-state index contributed by atoms with van der Waals surface area (Å²) in [4.78, 5) is 25.1. The van der Waals surface area contributed by atoms with Crippen LogP contribution in [-0.4, -0.2) is 66.5 Å². The molecule has 0 spiro atoms. The Kier molecular flexibility index (Phi) is 14.5. The first-order chi connectivity index (χ1) is 13.1. The first kappa shape index (κ1) is 26.4. The summed E-state index contributed by atoms with van der Waals surface area (Å²) in [6.07, 6.45) is 3.81. The molecule has 1 aromatic heterocycles. The molecule has 160 valence electrons. The quantitative estimate of drug-likeness (QED) is 0.217. The molecule has 1 heterocycles. The maximum Gasteiger partial charge on any atom is 0.242 e. The van der Waals surface area contributed by atoms with E-state index in [2.05, 4.69) is 22.2 Å². The van der Waals surface area contributed by atoms with Gasteiger partial charge in [0, 0.05) is 38.4 Å². The highest BCUT2D eigenvalue weighted by molar-refractivity contribution is 14.0. The van der Waals surface area contributed by atoms with Gasteiger partial charge in [-0.05, 0) is 33.3 Å². The SMILES string of the molecule is CCCCOc1ncccc1CN=C(NCC)N(C)CC(=O)N(CC)CC.I. The number of ether oxygens (including phenoxy) is 1. The number of aliphatic imine (C=N–C) groups is 1. The van der Waals surface area contributed by atoms with Crippen molar-refractivity contribution >= 4 is 35.8 Å². The highest BCUT2D eigenvalue weighted by Crippen LogP contribution is 2.16. The Morgan fingerprint density at radius 2 is 1.96 bits per heavy atom. The lowest BCUT2D eigenvalue weighted by molar-refractivity contribution is -0.131. The number of carbonyl (C=O) groups is 1. The van der Waals surface area contributed by atoms with E-state index in [1.807, 2.05) is 49.8 Å². The van der Waals surface area contributed by atoms with Gasteiger partial charge in [-0.25, -0.2) is 9.98 Å². The Bertz CT molecular complexity index is 594. The summed E-state index contributed by atoms with van der Waals surface area (Å²) in [5, 5.41) is 3.25. The molecule has 1 amide bonds. The maximum atomic E-state index is 12.4. The monoisotopic (exact) mass is 505 g/mol. The molecule has 7 nitrogen and oxygen atoms in total. The number of hydrogen-bond acceptors (Lipinski definition) is 4. The molecule has 0 bridgehead atoms. The number of hydrogen-bond donors (Lipinski definition) is 1. The zero-order valence-electron chi connectivity index (χ0n) is 17.9. The van der Waals surface area contributed by atoms with Gasteiger partial charge in [0.15, 0.2) is 5.96 Å². The summed E-state index contributed by atoms with van der Waals surface area (Å²) < 4.78 is 5.78. The van der Waals surface area contributed by atoms with Crippen LogP contribution < -0.4 is 10.1 Å². The largest absolute Gasteiger partial charge is 0.477 e. The van der Waals surface area contributed by atoms with Gasteiger partial charge in [-0.15, -0.1) is 24.0 Å². The number of nitrogens with one attached hydrogen (secondary N) is 1. The molecule has 0 aliphatic carbocycles. The molecular weight excluding hydrogens is 469 g/mol. The van der Waals surface area contributed by atoms with Gasteiger partial charge in [0.25, 0.3) is 0 Å². The summed E-state index contributed by atoms with van der Waals surface area (Å²) in [6.45, 7) is 11.7. The average Bonchev–Trinajstić information content (AvgIpc) is 2.67. The van der Waals surface area contributed by atoms with Crippen LogP contribution in [0, 0.1) is 0 Å². The van der Waals surface area contributed by atoms with E-state index in [1.165, 1.54) is 0 Å². The van der Waals surface area contributed by atoms with Crippen molar-refractivity contribution in [3.63, 3.8) is 0 Å². The number of halogens is 1. The highest BCUT2D eigenvalue weighted by Gasteiger charge is 2.15. The minimum atomic E-state index is 0. The molecule has 8 heteroatoms. The second-order valence-corrected chi connectivity index (χ2v) is 6.26. The number of nitrogens with zero attached hydrogens (tertiary/aromatic N) is 4. The summed E-state index contributed by atoms with van der Waals surface area (Å²) in [7, 11) is 1.88. The van der Waals surface area contributed by atoms with Crippen molar-refractivity contribution in [1.29, 1.82) is 0 Å². The number of aromatic nitrogens is 1. The molecule has 0 aliphatic heterocycles. The van der Waals surface area contributed by atoms with Crippen LogP contribution in [0.25, 0.3) is 0 Å². The lowest BCUT2D eigenvalue weighted by Crippen LogP contribution is -2.45. The summed E-state index contributed by atoms with van der Waals surface area (Å²) >= 11 is 0. The van der Waals surface area contributed by atoms with E-state index < -0.39 is 0 Å². The summed E-state index contributed by atoms with van der Waals surface area (Å²) in [5.41, 5.74) is 0.937. The van der Waals surface area contributed by atoms with Crippen molar-refractivity contribution in [3.05, 3.63) is 23.9 Å². The van der Waals surface area contributed by atoms with Crippen LogP contribution in [0.1, 0.15) is 46.1 Å². The molecule has 28 heavy (non-hydrogen) atoms. The van der Waals surface area contributed by atoms with E-state index in [0.717, 1.165) is 24.9 Å². The van der Waals surface area contributed by atoms with Crippen molar-refractivity contribution in [2.45, 2.75) is 47.1 Å². The van der Waals surface area contributed by atoms with Crippen molar-refractivity contribution in [1.82, 2.24) is 20.1 Å². The molecule has 1 N–H and O–H groups in total. The van der Waals surface area contributed by atoms with E-state index in [0.29, 0.717) is 44.6 Å². The maximum absolute atomic E-state index is 12.4. The van der Waals surface area contributed by atoms with Crippen molar-refractivity contribution < 1.29 is 9.53 Å². The van der Waals surface area contributed by atoms with Crippen LogP contribution in [0.4, 0.5) is 0 Å². The van der Waals surface area contributed by atoms with Crippen LogP contribution in [0.15, 0.2) is 23.3 Å². The molecule has 1 aromatic rings. The van der Waals surface area contributed by atoms with Gasteiger partial charge in [-0.3, -0.25) is 4.79 Å². The van der Waals surface area contributed by atoms with Crippen LogP contribution >= 0.6 is 24.0 Å². The zero-order chi connectivity index (χ0) is 20.1. The molecule has 0 saturated carbocycles. The molecule has 0 aliphatic rings. The highest BCUT2D eigenvalue weighted by atomic mass is 127. The van der Waals surface area contributed by atoms with Gasteiger partial charge in [-0.1, -0.05) is 19.4 Å². The number of likely N-dealkylation sites (N-methyl/N-ethyl adjacent to an activating group) is 2. The van der Waals surface area contributed by atoms with Crippen LogP contribution in [0.2, 0.25) is 0 Å². The van der Waals surface area contributed by atoms with E-state index in [1.54, 1.807) is 6.20 Å². The third-order valence-corrected chi connectivity index (χ3v) is 4.17. The molecule has 0 saturated heterocycles. The number of rotatable bonds is 11. The van der Waals surface area contributed by atoms with Crippen molar-refractivity contribution in [2.24, 2.45) is 4.99 Å². The lowest BCUT2D eigenvalue weighted by atomic mass is 10.2. The molecule has 0 unspecified atom stereocenters. The summed E-state index contributed by atoms with van der Waals surface area (Å²) in [5.74, 6) is 1.42. The standard InChI is InChI=1S/C20H35N5O2.HI/c1-6-10-14-27-19-17(12-11-13-22-19)15-23-20(21-7-2)24(5)16-18(26)25(8-3)9-4;/h11-13H,6-10,14-16H2,1-5H3,(H,21,23);1H. The predicted molar refractivity (Wildman–Crippen MR) is 125 cm³/mol. The first-order valence-electron chi connectivity index (χ1n) is 9.91. The topological polar surface area (TPSA) is 70.1 Å². The Morgan fingerprint density at radius 3 is 2.57 bits per heavy atom. The van der Waals surface area contributed by atoms with Crippen molar-refractivity contribution in [3.8, 4) is 5.88 Å². The minimum Gasteiger partial charge on any atom is -0.477 e. The van der Waals surface area contributed by atoms with Gasteiger partial charge in [-0.2, -0.15) is 0 Å². The molecule has 0 radical (unpaired) electrons. The fourth-order valence-electron chi connectivity index (χ4n) is 2.57. The van der Waals surface area contributed by atoms with Crippen LogP contribution in [0.3, 0.4) is 0 Å². The van der Waals surface area contributed by atoms with Gasteiger partial charge in [0.2, 0.25) is 11.8 Å². The van der Waals surface area contributed by atoms with Gasteiger partial charge in [0.05, 0.1) is 19.7 Å². The molecule has 1 rings (SSSR count). The molecular formula is C20H36IN5O2. The Labute approximate surface area is 187 Å².